The number of rotatable bonds is 3. The molecule has 2 heterocycles. The lowest BCUT2D eigenvalue weighted by Gasteiger charge is -2.30. The van der Waals surface area contributed by atoms with Crippen LogP contribution in [-0.2, 0) is 11.8 Å². The first kappa shape index (κ1) is 14.8. The Kier molecular flexibility index (Phi) is 4.20. The number of aromatic nitrogens is 2. The van der Waals surface area contributed by atoms with E-state index in [4.69, 9.17) is 27.7 Å². The first-order valence-corrected chi connectivity index (χ1v) is 7.81. The van der Waals surface area contributed by atoms with E-state index in [1.165, 1.54) is 0 Å². The molecule has 6 heteroatoms. The second-order valence-corrected chi connectivity index (χ2v) is 6.52. The first-order chi connectivity index (χ1) is 10.1. The van der Waals surface area contributed by atoms with Crippen LogP contribution in [0.1, 0.15) is 37.0 Å². The van der Waals surface area contributed by atoms with E-state index < -0.39 is 0 Å². The summed E-state index contributed by atoms with van der Waals surface area (Å²) in [5.74, 6) is 1.34. The van der Waals surface area contributed by atoms with E-state index >= 15 is 0 Å². The average molecular weight is 326 g/mol. The van der Waals surface area contributed by atoms with Crippen molar-refractivity contribution in [2.24, 2.45) is 0 Å². The zero-order valence-corrected chi connectivity index (χ0v) is 13.3. The summed E-state index contributed by atoms with van der Waals surface area (Å²) in [6.45, 7) is 4.13. The Morgan fingerprint density at radius 3 is 2.57 bits per heavy atom. The van der Waals surface area contributed by atoms with Gasteiger partial charge in [0.2, 0.25) is 5.89 Å². The topological polar surface area (TPSA) is 51.0 Å². The van der Waals surface area contributed by atoms with Crippen molar-refractivity contribution < 1.29 is 4.52 Å². The molecule has 0 amide bonds. The van der Waals surface area contributed by atoms with Crippen LogP contribution in [0.2, 0.25) is 10.0 Å². The second kappa shape index (κ2) is 5.95. The van der Waals surface area contributed by atoms with E-state index in [2.05, 4.69) is 22.4 Å². The molecule has 0 unspecified atom stereocenters. The number of halogens is 2. The van der Waals surface area contributed by atoms with Gasteiger partial charge in [0.05, 0.1) is 0 Å². The predicted molar refractivity (Wildman–Crippen MR) is 83.0 cm³/mol. The minimum atomic E-state index is -0.0409. The van der Waals surface area contributed by atoms with Gasteiger partial charge in [-0.05, 0) is 43.6 Å². The monoisotopic (exact) mass is 325 g/mol. The normalized spacial score (nSPS) is 17.9. The van der Waals surface area contributed by atoms with Gasteiger partial charge in [-0.2, -0.15) is 4.98 Å². The van der Waals surface area contributed by atoms with E-state index in [-0.39, 0.29) is 5.41 Å². The molecule has 1 saturated heterocycles. The largest absolute Gasteiger partial charge is 0.339 e. The third-order valence-corrected chi connectivity index (χ3v) is 4.80. The zero-order valence-electron chi connectivity index (χ0n) is 11.8. The predicted octanol–water partition coefficient (Wildman–Crippen LogP) is 3.61. The molecule has 0 saturated carbocycles. The van der Waals surface area contributed by atoms with Gasteiger partial charge in [0.1, 0.15) is 0 Å². The summed E-state index contributed by atoms with van der Waals surface area (Å²) < 4.78 is 5.48. The maximum atomic E-state index is 6.18. The fourth-order valence-electron chi connectivity index (χ4n) is 2.62. The Balaban J connectivity index is 1.82. The number of hydrogen-bond acceptors (Lipinski definition) is 4. The van der Waals surface area contributed by atoms with Crippen LogP contribution >= 0.6 is 23.2 Å². The number of hydrogen-bond donors (Lipinski definition) is 1. The summed E-state index contributed by atoms with van der Waals surface area (Å²) >= 11 is 12.4. The lowest BCUT2D eigenvalue weighted by atomic mass is 9.81. The van der Waals surface area contributed by atoms with Crippen molar-refractivity contribution in [1.29, 1.82) is 0 Å². The van der Waals surface area contributed by atoms with Crippen molar-refractivity contribution in [3.8, 4) is 0 Å². The van der Waals surface area contributed by atoms with Gasteiger partial charge in [0, 0.05) is 21.9 Å². The molecule has 1 fully saturated rings. The quantitative estimate of drug-likeness (QED) is 0.936. The molecule has 0 radical (unpaired) electrons. The van der Waals surface area contributed by atoms with Crippen molar-refractivity contribution in [1.82, 2.24) is 15.5 Å². The van der Waals surface area contributed by atoms with Gasteiger partial charge in [0.25, 0.3) is 0 Å². The standard InChI is InChI=1S/C15H17Cl2N3O/c1-15(5-7-18-8-6-15)14-19-13(20-21-14)9-10-11(16)3-2-4-12(10)17/h2-4,18H,5-9H2,1H3. The molecule has 1 N–H and O–H groups in total. The summed E-state index contributed by atoms with van der Waals surface area (Å²) in [6.07, 6.45) is 2.49. The van der Waals surface area contributed by atoms with Crippen molar-refractivity contribution in [3.05, 3.63) is 45.5 Å². The maximum Gasteiger partial charge on any atom is 0.232 e. The highest BCUT2D eigenvalue weighted by Gasteiger charge is 2.34. The van der Waals surface area contributed by atoms with Gasteiger partial charge < -0.3 is 9.84 Å². The average Bonchev–Trinajstić information content (AvgIpc) is 2.93. The summed E-state index contributed by atoms with van der Waals surface area (Å²) in [6, 6.07) is 5.46. The van der Waals surface area contributed by atoms with Crippen LogP contribution in [0.4, 0.5) is 0 Å². The van der Waals surface area contributed by atoms with Crippen LogP contribution in [0, 0.1) is 0 Å². The summed E-state index contributed by atoms with van der Waals surface area (Å²) in [4.78, 5) is 4.56. The van der Waals surface area contributed by atoms with Gasteiger partial charge in [-0.25, -0.2) is 0 Å². The maximum absolute atomic E-state index is 6.18. The Hall–Kier alpha value is -1.10. The Morgan fingerprint density at radius 1 is 1.24 bits per heavy atom. The molecule has 112 valence electrons. The molecular weight excluding hydrogens is 309 g/mol. The molecule has 2 aromatic rings. The highest BCUT2D eigenvalue weighted by Crippen LogP contribution is 2.32. The molecule has 1 aliphatic heterocycles. The van der Waals surface area contributed by atoms with E-state index in [1.807, 2.05) is 18.2 Å². The van der Waals surface area contributed by atoms with Crippen LogP contribution in [-0.4, -0.2) is 23.2 Å². The second-order valence-electron chi connectivity index (χ2n) is 5.70. The number of piperidine rings is 1. The smallest absolute Gasteiger partial charge is 0.232 e. The number of nitrogens with zero attached hydrogens (tertiary/aromatic N) is 2. The Labute approximate surface area is 133 Å². The molecular formula is C15H17Cl2N3O. The van der Waals surface area contributed by atoms with Crippen LogP contribution in [0.25, 0.3) is 0 Å². The highest BCUT2D eigenvalue weighted by atomic mass is 35.5. The van der Waals surface area contributed by atoms with Crippen molar-refractivity contribution in [2.75, 3.05) is 13.1 Å². The van der Waals surface area contributed by atoms with E-state index in [0.29, 0.717) is 28.2 Å². The fraction of sp³-hybridized carbons (Fsp3) is 0.467. The summed E-state index contributed by atoms with van der Waals surface area (Å²) in [5, 5.41) is 8.69. The minimum Gasteiger partial charge on any atom is -0.339 e. The molecule has 1 aromatic carbocycles. The van der Waals surface area contributed by atoms with Crippen LogP contribution in [0.5, 0.6) is 0 Å². The van der Waals surface area contributed by atoms with Gasteiger partial charge in [0.15, 0.2) is 5.82 Å². The lowest BCUT2D eigenvalue weighted by molar-refractivity contribution is 0.240. The fourth-order valence-corrected chi connectivity index (χ4v) is 3.15. The molecule has 1 aromatic heterocycles. The lowest BCUT2D eigenvalue weighted by Crippen LogP contribution is -2.37. The minimum absolute atomic E-state index is 0.0409. The number of benzene rings is 1. The van der Waals surface area contributed by atoms with Crippen LogP contribution in [0.3, 0.4) is 0 Å². The number of nitrogens with one attached hydrogen (secondary N) is 1. The van der Waals surface area contributed by atoms with E-state index in [1.54, 1.807) is 0 Å². The van der Waals surface area contributed by atoms with Gasteiger partial charge in [-0.3, -0.25) is 0 Å². The molecule has 1 aliphatic rings. The summed E-state index contributed by atoms with van der Waals surface area (Å²) in [5.41, 5.74) is 0.796. The molecule has 21 heavy (non-hydrogen) atoms. The summed E-state index contributed by atoms with van der Waals surface area (Å²) in [7, 11) is 0. The van der Waals surface area contributed by atoms with Crippen LogP contribution < -0.4 is 5.32 Å². The van der Waals surface area contributed by atoms with Crippen molar-refractivity contribution >= 4 is 23.2 Å². The highest BCUT2D eigenvalue weighted by molar-refractivity contribution is 6.36. The van der Waals surface area contributed by atoms with Gasteiger partial charge in [-0.15, -0.1) is 0 Å². The third-order valence-electron chi connectivity index (χ3n) is 4.09. The molecule has 0 bridgehead atoms. The SMILES string of the molecule is CC1(c2nc(Cc3c(Cl)cccc3Cl)no2)CCNCC1. The zero-order chi connectivity index (χ0) is 14.9. The Morgan fingerprint density at radius 2 is 1.90 bits per heavy atom. The molecule has 0 spiro atoms. The van der Waals surface area contributed by atoms with E-state index in [9.17, 15) is 0 Å². The molecule has 0 aliphatic carbocycles. The molecule has 4 nitrogen and oxygen atoms in total. The third kappa shape index (κ3) is 3.07. The van der Waals surface area contributed by atoms with E-state index in [0.717, 1.165) is 31.5 Å². The van der Waals surface area contributed by atoms with Gasteiger partial charge in [-0.1, -0.05) is 41.3 Å². The van der Waals surface area contributed by atoms with Crippen molar-refractivity contribution in [3.63, 3.8) is 0 Å². The molecule has 0 atom stereocenters. The van der Waals surface area contributed by atoms with Crippen LogP contribution in [0.15, 0.2) is 22.7 Å². The first-order valence-electron chi connectivity index (χ1n) is 7.05. The molecule has 3 rings (SSSR count). The van der Waals surface area contributed by atoms with Gasteiger partial charge >= 0.3 is 0 Å². The Bertz CT molecular complexity index is 615. The van der Waals surface area contributed by atoms with Crippen molar-refractivity contribution in [2.45, 2.75) is 31.6 Å².